The summed E-state index contributed by atoms with van der Waals surface area (Å²) in [5.41, 5.74) is 2.18. The number of hydrogen-bond acceptors (Lipinski definition) is 7. The van der Waals surface area contributed by atoms with Crippen molar-refractivity contribution in [2.45, 2.75) is 13.8 Å². The maximum atomic E-state index is 5.10. The van der Waals surface area contributed by atoms with Crippen molar-refractivity contribution in [1.29, 1.82) is 0 Å². The monoisotopic (exact) mass is 350 g/mol. The van der Waals surface area contributed by atoms with Crippen molar-refractivity contribution in [3.8, 4) is 0 Å². The zero-order valence-electron chi connectivity index (χ0n) is 15.0. The Morgan fingerprint density at radius 1 is 0.885 bits per heavy atom. The molecule has 1 saturated heterocycles. The lowest BCUT2D eigenvalue weighted by Gasteiger charge is -2.36. The molecule has 7 heteroatoms. The molecule has 4 rings (SSSR count). The fourth-order valence-corrected chi connectivity index (χ4v) is 3.12. The molecular weight excluding hydrogens is 328 g/mol. The number of piperazine rings is 1. The molecule has 0 bridgehead atoms. The molecule has 1 aromatic carbocycles. The Hall–Kier alpha value is -3.09. The summed E-state index contributed by atoms with van der Waals surface area (Å²) in [6.07, 6.45) is 0. The van der Waals surface area contributed by atoms with E-state index in [0.29, 0.717) is 5.82 Å². The summed E-state index contributed by atoms with van der Waals surface area (Å²) in [5, 5.41) is 7.15. The van der Waals surface area contributed by atoms with E-state index in [1.54, 1.807) is 0 Å². The van der Waals surface area contributed by atoms with Crippen LogP contribution in [0.2, 0.25) is 0 Å². The van der Waals surface area contributed by atoms with Crippen LogP contribution in [0.15, 0.2) is 47.0 Å². The van der Waals surface area contributed by atoms with Gasteiger partial charge in [0, 0.05) is 49.7 Å². The van der Waals surface area contributed by atoms with E-state index in [9.17, 15) is 0 Å². The molecule has 0 atom stereocenters. The van der Waals surface area contributed by atoms with Crippen molar-refractivity contribution in [1.82, 2.24) is 15.1 Å². The number of rotatable bonds is 4. The Kier molecular flexibility index (Phi) is 4.43. The van der Waals surface area contributed by atoms with Gasteiger partial charge in [-0.05, 0) is 26.0 Å². The molecule has 3 aromatic rings. The second-order valence-corrected chi connectivity index (χ2v) is 6.45. The number of para-hydroxylation sites is 1. The smallest absolute Gasteiger partial charge is 0.227 e. The Morgan fingerprint density at radius 3 is 2.31 bits per heavy atom. The standard InChI is InChI=1S/C19H22N6O/c1-14-12-17(21-18-13-15(2)26-23-18)22-19(20-14)25-10-8-24(9-11-25)16-6-4-3-5-7-16/h3-7,12-13H,8-11H2,1-2H3,(H,20,21,22,23). The zero-order chi connectivity index (χ0) is 17.9. The molecule has 2 aromatic heterocycles. The molecule has 26 heavy (non-hydrogen) atoms. The lowest BCUT2D eigenvalue weighted by molar-refractivity contribution is 0.400. The van der Waals surface area contributed by atoms with Crippen LogP contribution in [-0.4, -0.2) is 41.3 Å². The Balaban J connectivity index is 1.46. The van der Waals surface area contributed by atoms with E-state index in [1.165, 1.54) is 5.69 Å². The van der Waals surface area contributed by atoms with Crippen molar-refractivity contribution < 1.29 is 4.52 Å². The fourth-order valence-electron chi connectivity index (χ4n) is 3.12. The van der Waals surface area contributed by atoms with E-state index in [2.05, 4.69) is 54.5 Å². The summed E-state index contributed by atoms with van der Waals surface area (Å²) < 4.78 is 5.10. The van der Waals surface area contributed by atoms with E-state index in [0.717, 1.165) is 49.4 Å². The summed E-state index contributed by atoms with van der Waals surface area (Å²) >= 11 is 0. The van der Waals surface area contributed by atoms with Gasteiger partial charge in [-0.25, -0.2) is 4.98 Å². The molecule has 7 nitrogen and oxygen atoms in total. The van der Waals surface area contributed by atoms with Crippen LogP contribution in [-0.2, 0) is 0 Å². The van der Waals surface area contributed by atoms with Gasteiger partial charge >= 0.3 is 0 Å². The largest absolute Gasteiger partial charge is 0.368 e. The van der Waals surface area contributed by atoms with Crippen molar-refractivity contribution >= 4 is 23.3 Å². The summed E-state index contributed by atoms with van der Waals surface area (Å²) in [6, 6.07) is 14.3. The highest BCUT2D eigenvalue weighted by molar-refractivity contribution is 5.54. The highest BCUT2D eigenvalue weighted by Gasteiger charge is 2.20. The predicted molar refractivity (Wildman–Crippen MR) is 102 cm³/mol. The van der Waals surface area contributed by atoms with Crippen LogP contribution >= 0.6 is 0 Å². The molecule has 0 amide bonds. The highest BCUT2D eigenvalue weighted by atomic mass is 16.5. The lowest BCUT2D eigenvalue weighted by atomic mass is 10.2. The number of hydrogen-bond donors (Lipinski definition) is 1. The Labute approximate surface area is 152 Å². The number of aryl methyl sites for hydroxylation is 2. The lowest BCUT2D eigenvalue weighted by Crippen LogP contribution is -2.47. The van der Waals surface area contributed by atoms with Gasteiger partial charge in [0.15, 0.2) is 5.82 Å². The normalized spacial score (nSPS) is 14.5. The van der Waals surface area contributed by atoms with Crippen LogP contribution in [0.4, 0.5) is 23.3 Å². The van der Waals surface area contributed by atoms with E-state index < -0.39 is 0 Å². The van der Waals surface area contributed by atoms with Crippen LogP contribution in [0.3, 0.4) is 0 Å². The van der Waals surface area contributed by atoms with E-state index >= 15 is 0 Å². The predicted octanol–water partition coefficient (Wildman–Crippen LogP) is 3.15. The van der Waals surface area contributed by atoms with Gasteiger partial charge in [0.1, 0.15) is 11.6 Å². The summed E-state index contributed by atoms with van der Waals surface area (Å²) in [5.74, 6) is 2.89. The number of benzene rings is 1. The van der Waals surface area contributed by atoms with Gasteiger partial charge in [0.2, 0.25) is 5.95 Å². The van der Waals surface area contributed by atoms with Crippen LogP contribution in [0.5, 0.6) is 0 Å². The summed E-state index contributed by atoms with van der Waals surface area (Å²) in [6.45, 7) is 7.52. The van der Waals surface area contributed by atoms with Crippen molar-refractivity contribution in [2.24, 2.45) is 0 Å². The SMILES string of the molecule is Cc1cc(Nc2cc(C)on2)nc(N2CCN(c3ccccc3)CC2)n1. The minimum Gasteiger partial charge on any atom is -0.368 e. The average molecular weight is 350 g/mol. The summed E-state index contributed by atoms with van der Waals surface area (Å²) in [4.78, 5) is 13.9. The Morgan fingerprint density at radius 2 is 1.62 bits per heavy atom. The first-order valence-electron chi connectivity index (χ1n) is 8.78. The van der Waals surface area contributed by atoms with Gasteiger partial charge in [-0.1, -0.05) is 23.4 Å². The first kappa shape index (κ1) is 16.4. The number of nitrogens with zero attached hydrogens (tertiary/aromatic N) is 5. The van der Waals surface area contributed by atoms with Crippen LogP contribution in [0.25, 0.3) is 0 Å². The second kappa shape index (κ2) is 7.03. The van der Waals surface area contributed by atoms with Gasteiger partial charge in [-0.15, -0.1) is 0 Å². The van der Waals surface area contributed by atoms with Crippen molar-refractivity contribution in [3.05, 3.63) is 53.9 Å². The van der Waals surface area contributed by atoms with Crippen LogP contribution < -0.4 is 15.1 Å². The minimum atomic E-state index is 0.653. The molecule has 1 fully saturated rings. The molecule has 0 radical (unpaired) electrons. The molecule has 1 aliphatic heterocycles. The van der Waals surface area contributed by atoms with Gasteiger partial charge in [-0.3, -0.25) is 0 Å². The minimum absolute atomic E-state index is 0.653. The third kappa shape index (κ3) is 3.61. The van der Waals surface area contributed by atoms with Crippen LogP contribution in [0.1, 0.15) is 11.5 Å². The average Bonchev–Trinajstić information content (AvgIpc) is 3.07. The second-order valence-electron chi connectivity index (χ2n) is 6.45. The van der Waals surface area contributed by atoms with Gasteiger partial charge in [0.25, 0.3) is 0 Å². The number of nitrogens with one attached hydrogen (secondary N) is 1. The van der Waals surface area contributed by atoms with Gasteiger partial charge in [-0.2, -0.15) is 4.98 Å². The third-order valence-electron chi connectivity index (χ3n) is 4.41. The van der Waals surface area contributed by atoms with Gasteiger partial charge in [0.05, 0.1) is 0 Å². The first-order valence-corrected chi connectivity index (χ1v) is 8.78. The maximum Gasteiger partial charge on any atom is 0.227 e. The number of aromatic nitrogens is 3. The highest BCUT2D eigenvalue weighted by Crippen LogP contribution is 2.21. The molecule has 0 saturated carbocycles. The van der Waals surface area contributed by atoms with E-state index in [4.69, 9.17) is 4.52 Å². The third-order valence-corrected chi connectivity index (χ3v) is 4.41. The maximum absolute atomic E-state index is 5.10. The molecule has 1 aliphatic rings. The molecule has 3 heterocycles. The van der Waals surface area contributed by atoms with Crippen molar-refractivity contribution in [2.75, 3.05) is 41.3 Å². The van der Waals surface area contributed by atoms with E-state index in [1.807, 2.05) is 32.0 Å². The van der Waals surface area contributed by atoms with Crippen molar-refractivity contribution in [3.63, 3.8) is 0 Å². The molecule has 0 unspecified atom stereocenters. The number of anilines is 4. The molecule has 0 aliphatic carbocycles. The zero-order valence-corrected chi connectivity index (χ0v) is 15.0. The van der Waals surface area contributed by atoms with Gasteiger partial charge < -0.3 is 19.6 Å². The fraction of sp³-hybridized carbons (Fsp3) is 0.316. The molecule has 134 valence electrons. The summed E-state index contributed by atoms with van der Waals surface area (Å²) in [7, 11) is 0. The topological polar surface area (TPSA) is 70.3 Å². The first-order chi connectivity index (χ1) is 12.7. The molecule has 0 spiro atoms. The van der Waals surface area contributed by atoms with Crippen LogP contribution in [0, 0.1) is 13.8 Å². The molecule has 1 N–H and O–H groups in total. The quantitative estimate of drug-likeness (QED) is 0.775. The Bertz CT molecular complexity index is 871. The molecular formula is C19H22N6O. The van der Waals surface area contributed by atoms with E-state index in [-0.39, 0.29) is 0 Å².